The van der Waals surface area contributed by atoms with Crippen molar-refractivity contribution in [3.63, 3.8) is 0 Å². The number of carbonyl (C=O) groups excluding carboxylic acids is 1. The first-order valence-electron chi connectivity index (χ1n) is 8.62. The molecule has 1 aromatic carbocycles. The molecule has 2 heterocycles. The van der Waals surface area contributed by atoms with Crippen molar-refractivity contribution in [3.8, 4) is 5.69 Å². The molecule has 0 aliphatic rings. The highest BCUT2D eigenvalue weighted by atomic mass is 19.1. The summed E-state index contributed by atoms with van der Waals surface area (Å²) in [4.78, 5) is 16.6. The molecular formula is C18H21FN6O2. The molecule has 2 N–H and O–H groups in total. The number of benzene rings is 1. The van der Waals surface area contributed by atoms with Gasteiger partial charge in [-0.25, -0.2) is 18.9 Å². The Morgan fingerprint density at radius 1 is 1.41 bits per heavy atom. The van der Waals surface area contributed by atoms with Crippen molar-refractivity contribution >= 4 is 5.97 Å². The number of halogens is 1. The maximum absolute atomic E-state index is 14.3. The number of ether oxygens (including phenoxy) is 1. The Kier molecular flexibility index (Phi) is 5.60. The summed E-state index contributed by atoms with van der Waals surface area (Å²) in [6.45, 7) is 5.93. The zero-order chi connectivity index (χ0) is 19.4. The molecule has 0 fully saturated rings. The molecule has 0 spiro atoms. The second kappa shape index (κ2) is 8.09. The predicted octanol–water partition coefficient (Wildman–Crippen LogP) is 2.47. The van der Waals surface area contributed by atoms with Gasteiger partial charge in [-0.05, 0) is 32.9 Å². The molecule has 1 atom stereocenters. The molecule has 0 amide bonds. The van der Waals surface area contributed by atoms with E-state index in [1.807, 2.05) is 13.8 Å². The molecule has 8 nitrogen and oxygen atoms in total. The smallest absolute Gasteiger partial charge is 0.341 e. The van der Waals surface area contributed by atoms with Crippen LogP contribution in [0, 0.1) is 12.7 Å². The van der Waals surface area contributed by atoms with Crippen molar-refractivity contribution < 1.29 is 13.9 Å². The molecule has 3 rings (SSSR count). The molecular weight excluding hydrogens is 351 g/mol. The van der Waals surface area contributed by atoms with Gasteiger partial charge in [-0.1, -0.05) is 12.1 Å². The van der Waals surface area contributed by atoms with Gasteiger partial charge in [0.05, 0.1) is 24.5 Å². The fourth-order valence-corrected chi connectivity index (χ4v) is 2.65. The lowest BCUT2D eigenvalue weighted by Crippen LogP contribution is -2.23. The van der Waals surface area contributed by atoms with Crippen molar-refractivity contribution in [2.24, 2.45) is 0 Å². The number of para-hydroxylation sites is 1. The summed E-state index contributed by atoms with van der Waals surface area (Å²) in [6.07, 6.45) is 1.39. The molecule has 2 aromatic heterocycles. The Bertz CT molecular complexity index is 936. The lowest BCUT2D eigenvalue weighted by atomic mass is 10.2. The number of rotatable bonds is 7. The Balaban J connectivity index is 1.91. The lowest BCUT2D eigenvalue weighted by molar-refractivity contribution is 0.0524. The van der Waals surface area contributed by atoms with Crippen molar-refractivity contribution in [2.75, 3.05) is 6.61 Å². The van der Waals surface area contributed by atoms with Gasteiger partial charge in [-0.15, -0.1) is 0 Å². The minimum Gasteiger partial charge on any atom is -0.462 e. The number of carbonyl (C=O) groups is 1. The van der Waals surface area contributed by atoms with Gasteiger partial charge < -0.3 is 10.1 Å². The number of esters is 1. The van der Waals surface area contributed by atoms with E-state index in [9.17, 15) is 9.18 Å². The average Bonchev–Trinajstić information content (AvgIpc) is 3.26. The normalized spacial score (nSPS) is 12.1. The van der Waals surface area contributed by atoms with Crippen LogP contribution in [-0.2, 0) is 11.3 Å². The fourth-order valence-electron chi connectivity index (χ4n) is 2.65. The third kappa shape index (κ3) is 4.03. The van der Waals surface area contributed by atoms with E-state index in [0.29, 0.717) is 17.3 Å². The molecule has 0 bridgehead atoms. The minimum absolute atomic E-state index is 0.186. The van der Waals surface area contributed by atoms with Gasteiger partial charge in [0.1, 0.15) is 22.9 Å². The van der Waals surface area contributed by atoms with Gasteiger partial charge in [0, 0.05) is 6.54 Å². The number of hydrogen-bond acceptors (Lipinski definition) is 6. The van der Waals surface area contributed by atoms with E-state index in [-0.39, 0.29) is 30.4 Å². The maximum Gasteiger partial charge on any atom is 0.341 e. The molecule has 0 radical (unpaired) electrons. The standard InChI is InChI=1S/C18H21FN6O2/c1-4-27-18(26)13-9-21-25(15-8-6-5-7-14(15)19)16(13)10-20-11(2)17-22-12(3)23-24-17/h5-9,11,20H,4,10H2,1-3H3,(H,22,23,24). The van der Waals surface area contributed by atoms with Crippen LogP contribution < -0.4 is 5.32 Å². The van der Waals surface area contributed by atoms with Crippen molar-refractivity contribution in [1.82, 2.24) is 30.3 Å². The van der Waals surface area contributed by atoms with E-state index in [1.54, 1.807) is 25.1 Å². The third-order valence-corrected chi connectivity index (χ3v) is 4.02. The largest absolute Gasteiger partial charge is 0.462 e. The molecule has 0 saturated carbocycles. The van der Waals surface area contributed by atoms with E-state index in [1.165, 1.54) is 16.9 Å². The van der Waals surface area contributed by atoms with Gasteiger partial charge in [-0.3, -0.25) is 5.10 Å². The molecule has 1 unspecified atom stereocenters. The molecule has 3 aromatic rings. The lowest BCUT2D eigenvalue weighted by Gasteiger charge is -2.14. The molecule has 0 saturated heterocycles. The van der Waals surface area contributed by atoms with Crippen LogP contribution in [0.1, 0.15) is 47.6 Å². The van der Waals surface area contributed by atoms with Crippen LogP contribution in [-0.4, -0.2) is 37.5 Å². The summed E-state index contributed by atoms with van der Waals surface area (Å²) >= 11 is 0. The summed E-state index contributed by atoms with van der Waals surface area (Å²) in [5.74, 6) is 0.373. The second-order valence-electron chi connectivity index (χ2n) is 5.97. The average molecular weight is 372 g/mol. The zero-order valence-corrected chi connectivity index (χ0v) is 15.4. The van der Waals surface area contributed by atoms with Crippen LogP contribution in [0.15, 0.2) is 30.5 Å². The van der Waals surface area contributed by atoms with Gasteiger partial charge in [0.15, 0.2) is 5.82 Å². The zero-order valence-electron chi connectivity index (χ0n) is 15.4. The van der Waals surface area contributed by atoms with Gasteiger partial charge in [0.2, 0.25) is 0 Å². The third-order valence-electron chi connectivity index (χ3n) is 4.02. The van der Waals surface area contributed by atoms with Crippen LogP contribution in [0.5, 0.6) is 0 Å². The van der Waals surface area contributed by atoms with Crippen LogP contribution in [0.25, 0.3) is 5.69 Å². The van der Waals surface area contributed by atoms with Crippen LogP contribution >= 0.6 is 0 Å². The van der Waals surface area contributed by atoms with E-state index in [4.69, 9.17) is 4.74 Å². The monoisotopic (exact) mass is 372 g/mol. The second-order valence-corrected chi connectivity index (χ2v) is 5.97. The topological polar surface area (TPSA) is 97.7 Å². The van der Waals surface area contributed by atoms with Crippen LogP contribution in [0.3, 0.4) is 0 Å². The summed E-state index contributed by atoms with van der Waals surface area (Å²) in [7, 11) is 0. The summed E-state index contributed by atoms with van der Waals surface area (Å²) in [5.41, 5.74) is 1.04. The van der Waals surface area contributed by atoms with Gasteiger partial charge in [-0.2, -0.15) is 10.2 Å². The first kappa shape index (κ1) is 18.7. The molecule has 0 aliphatic heterocycles. The Morgan fingerprint density at radius 2 is 2.19 bits per heavy atom. The van der Waals surface area contributed by atoms with Crippen molar-refractivity contribution in [1.29, 1.82) is 0 Å². The number of aromatic amines is 1. The predicted molar refractivity (Wildman–Crippen MR) is 95.9 cm³/mol. The van der Waals surface area contributed by atoms with Crippen LogP contribution in [0.4, 0.5) is 4.39 Å². The number of aryl methyl sites for hydroxylation is 1. The van der Waals surface area contributed by atoms with Crippen LogP contribution in [0.2, 0.25) is 0 Å². The first-order valence-corrected chi connectivity index (χ1v) is 8.62. The van der Waals surface area contributed by atoms with E-state index in [2.05, 4.69) is 25.6 Å². The molecule has 9 heteroatoms. The number of aromatic nitrogens is 5. The summed E-state index contributed by atoms with van der Waals surface area (Å²) in [5, 5.41) is 14.4. The van der Waals surface area contributed by atoms with E-state index >= 15 is 0 Å². The Morgan fingerprint density at radius 3 is 2.85 bits per heavy atom. The van der Waals surface area contributed by atoms with Crippen molar-refractivity contribution in [2.45, 2.75) is 33.4 Å². The Labute approximate surface area is 155 Å². The van der Waals surface area contributed by atoms with Crippen molar-refractivity contribution in [3.05, 3.63) is 59.2 Å². The number of nitrogens with one attached hydrogen (secondary N) is 2. The maximum atomic E-state index is 14.3. The number of nitrogens with zero attached hydrogens (tertiary/aromatic N) is 4. The SMILES string of the molecule is CCOC(=O)c1cnn(-c2ccccc2F)c1CNC(C)c1n[nH]c(C)n1. The van der Waals surface area contributed by atoms with Gasteiger partial charge >= 0.3 is 5.97 Å². The molecule has 0 aliphatic carbocycles. The first-order chi connectivity index (χ1) is 13.0. The summed E-state index contributed by atoms with van der Waals surface area (Å²) in [6, 6.07) is 6.06. The van der Waals surface area contributed by atoms with E-state index in [0.717, 1.165) is 0 Å². The quantitative estimate of drug-likeness (QED) is 0.618. The molecule has 27 heavy (non-hydrogen) atoms. The highest BCUT2D eigenvalue weighted by Gasteiger charge is 2.22. The van der Waals surface area contributed by atoms with E-state index < -0.39 is 11.8 Å². The minimum atomic E-state index is -0.502. The molecule has 142 valence electrons. The number of H-pyrrole nitrogens is 1. The summed E-state index contributed by atoms with van der Waals surface area (Å²) < 4.78 is 20.8. The van der Waals surface area contributed by atoms with Gasteiger partial charge in [0.25, 0.3) is 0 Å². The highest BCUT2D eigenvalue weighted by Crippen LogP contribution is 2.19. The number of hydrogen-bond donors (Lipinski definition) is 2. The highest BCUT2D eigenvalue weighted by molar-refractivity contribution is 5.90. The fraction of sp³-hybridized carbons (Fsp3) is 0.333. The Hall–Kier alpha value is -3.07.